The van der Waals surface area contributed by atoms with Crippen molar-refractivity contribution >= 4 is 23.7 Å². The Balaban J connectivity index is 2.25. The van der Waals surface area contributed by atoms with Gasteiger partial charge in [-0.3, -0.25) is 4.79 Å². The molecule has 0 saturated heterocycles. The fraction of sp³-hybridized carbons (Fsp3) is 0.375. The van der Waals surface area contributed by atoms with Crippen LogP contribution in [-0.2, 0) is 4.79 Å². The van der Waals surface area contributed by atoms with Crippen molar-refractivity contribution in [2.75, 3.05) is 11.9 Å². The molecule has 2 aromatic carbocycles. The zero-order valence-corrected chi connectivity index (χ0v) is 17.5. The lowest BCUT2D eigenvalue weighted by molar-refractivity contribution is -0.107. The summed E-state index contributed by atoms with van der Waals surface area (Å²) in [7, 11) is 1.76. The summed E-state index contributed by atoms with van der Waals surface area (Å²) in [5.74, 6) is 0.868. The summed E-state index contributed by atoms with van der Waals surface area (Å²) in [5, 5.41) is 0. The van der Waals surface area contributed by atoms with Gasteiger partial charge in [0.05, 0.1) is 5.69 Å². The first kappa shape index (κ1) is 20.8. The number of rotatable bonds is 6. The quantitative estimate of drug-likeness (QED) is 0.461. The van der Waals surface area contributed by atoms with Gasteiger partial charge in [0, 0.05) is 12.5 Å². The van der Waals surface area contributed by atoms with E-state index in [1.165, 1.54) is 0 Å². The average Bonchev–Trinajstić information content (AvgIpc) is 2.60. The number of benzene rings is 2. The maximum atomic E-state index is 11.1. The second-order valence-electron chi connectivity index (χ2n) is 8.49. The number of hydrogen-bond acceptors (Lipinski definition) is 2. The highest BCUT2D eigenvalue weighted by Crippen LogP contribution is 2.34. The first-order valence-corrected chi connectivity index (χ1v) is 9.30. The summed E-state index contributed by atoms with van der Waals surface area (Å²) in [6, 6.07) is 16.1. The second kappa shape index (κ2) is 7.99. The van der Waals surface area contributed by atoms with Gasteiger partial charge in [0.15, 0.2) is 0 Å². The van der Waals surface area contributed by atoms with Gasteiger partial charge >= 0.3 is 0 Å². The Morgan fingerprint density at radius 2 is 1.56 bits per heavy atom. The second-order valence-corrected chi connectivity index (χ2v) is 8.49. The van der Waals surface area contributed by atoms with Crippen LogP contribution in [0.2, 0.25) is 0 Å². The van der Waals surface area contributed by atoms with E-state index in [0.717, 1.165) is 34.5 Å². The zero-order chi connectivity index (χ0) is 20.2. The Kier molecular flexibility index (Phi) is 6.15. The molecule has 3 heteroatoms. The Hall–Kier alpha value is -2.55. The molecule has 0 bridgehead atoms. The van der Waals surface area contributed by atoms with E-state index in [4.69, 9.17) is 4.74 Å². The first-order chi connectivity index (χ1) is 12.5. The van der Waals surface area contributed by atoms with Crippen molar-refractivity contribution in [1.29, 1.82) is 0 Å². The molecule has 2 rings (SSSR count). The predicted octanol–water partition coefficient (Wildman–Crippen LogP) is 6.04. The molecule has 0 heterocycles. The van der Waals surface area contributed by atoms with Crippen molar-refractivity contribution in [3.05, 3.63) is 59.7 Å². The molecule has 0 aliphatic carbocycles. The van der Waals surface area contributed by atoms with E-state index in [0.29, 0.717) is 0 Å². The standard InChI is InChI=1S/C24H31NO2/c1-18(16-20-10-8-9-11-22(20)25(7)17-26)19-12-14-21(15-13-19)27-24(5,6)23(2,3)4/h8-17H,1-7H3/b18-16+. The summed E-state index contributed by atoms with van der Waals surface area (Å²) in [5.41, 5.74) is 3.92. The first-order valence-electron chi connectivity index (χ1n) is 9.30. The molecule has 0 unspecified atom stereocenters. The van der Waals surface area contributed by atoms with Crippen molar-refractivity contribution in [3.63, 3.8) is 0 Å². The highest BCUT2D eigenvalue weighted by molar-refractivity contribution is 5.88. The van der Waals surface area contributed by atoms with E-state index < -0.39 is 0 Å². The average molecular weight is 366 g/mol. The number of carbonyl (C=O) groups is 1. The minimum Gasteiger partial charge on any atom is -0.487 e. The number of anilines is 1. The fourth-order valence-corrected chi connectivity index (χ4v) is 2.54. The molecule has 0 aromatic heterocycles. The minimum absolute atomic E-state index is 0.0375. The molecule has 1 amide bonds. The van der Waals surface area contributed by atoms with Crippen molar-refractivity contribution in [3.8, 4) is 5.75 Å². The molecule has 144 valence electrons. The highest BCUT2D eigenvalue weighted by atomic mass is 16.5. The molecule has 0 fully saturated rings. The van der Waals surface area contributed by atoms with Gasteiger partial charge in [-0.1, -0.05) is 51.1 Å². The maximum Gasteiger partial charge on any atom is 0.213 e. The lowest BCUT2D eigenvalue weighted by Crippen LogP contribution is -2.42. The highest BCUT2D eigenvalue weighted by Gasteiger charge is 2.34. The topological polar surface area (TPSA) is 29.5 Å². The van der Waals surface area contributed by atoms with Crippen LogP contribution in [0.1, 0.15) is 52.7 Å². The third kappa shape index (κ3) is 5.00. The normalized spacial score (nSPS) is 12.6. The number of carbonyl (C=O) groups excluding carboxylic acids is 1. The van der Waals surface area contributed by atoms with Crippen molar-refractivity contribution in [1.82, 2.24) is 0 Å². The molecule has 27 heavy (non-hydrogen) atoms. The van der Waals surface area contributed by atoms with Gasteiger partial charge in [-0.05, 0) is 61.7 Å². The lowest BCUT2D eigenvalue weighted by Gasteiger charge is -2.39. The van der Waals surface area contributed by atoms with Gasteiger partial charge in [0.25, 0.3) is 0 Å². The van der Waals surface area contributed by atoms with E-state index >= 15 is 0 Å². The van der Waals surface area contributed by atoms with Gasteiger partial charge in [0.1, 0.15) is 11.4 Å². The molecule has 3 nitrogen and oxygen atoms in total. The molecule has 0 N–H and O–H groups in total. The molecule has 0 atom stereocenters. The van der Waals surface area contributed by atoms with Gasteiger partial charge in [0.2, 0.25) is 6.41 Å². The minimum atomic E-state index is -0.266. The lowest BCUT2D eigenvalue weighted by atomic mass is 9.79. The molecule has 0 aliphatic rings. The largest absolute Gasteiger partial charge is 0.487 e. The number of allylic oxidation sites excluding steroid dienone is 1. The van der Waals surface area contributed by atoms with Crippen LogP contribution in [-0.4, -0.2) is 19.1 Å². The van der Waals surface area contributed by atoms with Crippen LogP contribution in [0.5, 0.6) is 5.75 Å². The maximum absolute atomic E-state index is 11.1. The van der Waals surface area contributed by atoms with Crippen LogP contribution < -0.4 is 9.64 Å². The Morgan fingerprint density at radius 1 is 0.963 bits per heavy atom. The van der Waals surface area contributed by atoms with Gasteiger partial charge in [-0.15, -0.1) is 0 Å². The van der Waals surface area contributed by atoms with E-state index in [2.05, 4.69) is 59.8 Å². The van der Waals surface area contributed by atoms with Crippen LogP contribution in [0.3, 0.4) is 0 Å². The predicted molar refractivity (Wildman–Crippen MR) is 115 cm³/mol. The molecular weight excluding hydrogens is 334 g/mol. The third-order valence-electron chi connectivity index (χ3n) is 5.34. The summed E-state index contributed by atoms with van der Waals surface area (Å²) in [4.78, 5) is 12.7. The van der Waals surface area contributed by atoms with Crippen LogP contribution in [0.15, 0.2) is 48.5 Å². The van der Waals surface area contributed by atoms with Crippen LogP contribution in [0, 0.1) is 5.41 Å². The molecule has 2 aromatic rings. The van der Waals surface area contributed by atoms with Gasteiger partial charge < -0.3 is 9.64 Å². The smallest absolute Gasteiger partial charge is 0.213 e. The fourth-order valence-electron chi connectivity index (χ4n) is 2.54. The van der Waals surface area contributed by atoms with Crippen LogP contribution >= 0.6 is 0 Å². The van der Waals surface area contributed by atoms with Crippen LogP contribution in [0.25, 0.3) is 11.6 Å². The number of amides is 1. The zero-order valence-electron chi connectivity index (χ0n) is 17.5. The number of hydrogen-bond donors (Lipinski definition) is 0. The number of para-hydroxylation sites is 1. The van der Waals surface area contributed by atoms with E-state index in [9.17, 15) is 4.79 Å². The summed E-state index contributed by atoms with van der Waals surface area (Å²) < 4.78 is 6.22. The monoisotopic (exact) mass is 365 g/mol. The van der Waals surface area contributed by atoms with Crippen molar-refractivity contribution in [2.45, 2.75) is 47.1 Å². The van der Waals surface area contributed by atoms with E-state index in [1.54, 1.807) is 11.9 Å². The molecule has 0 radical (unpaired) electrons. The van der Waals surface area contributed by atoms with Gasteiger partial charge in [-0.2, -0.15) is 0 Å². The summed E-state index contributed by atoms with van der Waals surface area (Å²) in [6.07, 6.45) is 2.93. The molecule has 0 spiro atoms. The SMILES string of the molecule is C/C(=C\c1ccccc1N(C)C=O)c1ccc(OC(C)(C)C(C)(C)C)cc1. The number of nitrogens with zero attached hydrogens (tertiary/aromatic N) is 1. The molecule has 0 aliphatic heterocycles. The van der Waals surface area contributed by atoms with Crippen molar-refractivity contribution < 1.29 is 9.53 Å². The summed E-state index contributed by atoms with van der Waals surface area (Å²) >= 11 is 0. The Labute approximate surface area is 163 Å². The van der Waals surface area contributed by atoms with Crippen molar-refractivity contribution in [2.24, 2.45) is 5.41 Å². The molecule has 0 saturated carbocycles. The summed E-state index contributed by atoms with van der Waals surface area (Å²) in [6.45, 7) is 12.9. The van der Waals surface area contributed by atoms with Crippen LogP contribution in [0.4, 0.5) is 5.69 Å². The van der Waals surface area contributed by atoms with Gasteiger partial charge in [-0.25, -0.2) is 0 Å². The Morgan fingerprint density at radius 3 is 2.11 bits per heavy atom. The molecular formula is C24H31NO2. The third-order valence-corrected chi connectivity index (χ3v) is 5.34. The number of ether oxygens (including phenoxy) is 1. The van der Waals surface area contributed by atoms with E-state index in [-0.39, 0.29) is 11.0 Å². The van der Waals surface area contributed by atoms with E-state index in [1.807, 2.05) is 36.4 Å². The Bertz CT molecular complexity index is 811.